The molecule has 4 N–H and O–H groups in total. The molecule has 6 heteroatoms. The first-order chi connectivity index (χ1) is 8.95. The van der Waals surface area contributed by atoms with E-state index in [0.717, 1.165) is 11.3 Å². The van der Waals surface area contributed by atoms with Crippen molar-refractivity contribution in [2.45, 2.75) is 26.8 Å². The number of hydrogen-bond donors (Lipinski definition) is 3. The summed E-state index contributed by atoms with van der Waals surface area (Å²) in [4.78, 5) is 11.5. The van der Waals surface area contributed by atoms with Crippen molar-refractivity contribution in [1.29, 1.82) is 0 Å². The molecule has 0 saturated heterocycles. The van der Waals surface area contributed by atoms with Crippen LogP contribution in [0.15, 0.2) is 24.3 Å². The monoisotopic (exact) mass is 294 g/mol. The molecule has 0 saturated carbocycles. The highest BCUT2D eigenvalue weighted by atomic mass is 35.5. The molecule has 1 atom stereocenters. The van der Waals surface area contributed by atoms with Gasteiger partial charge in [-0.3, -0.25) is 9.89 Å². The third kappa shape index (κ3) is 3.82. The smallest absolute Gasteiger partial charge is 0.242 e. The van der Waals surface area contributed by atoms with Crippen LogP contribution in [0.1, 0.15) is 18.1 Å². The van der Waals surface area contributed by atoms with Gasteiger partial charge in [-0.2, -0.15) is 5.10 Å². The standard InChI is InChI=1S/C14H18N4O.ClH/c1-8-4-9(2)6-11(5-8)12-7-13(18-17-12)16-14(19)10(3)15;/h4-7,10H,15H2,1-3H3,(H2,16,17,18,19);1H. The quantitative estimate of drug-likeness (QED) is 0.813. The third-order valence-corrected chi connectivity index (χ3v) is 2.78. The lowest BCUT2D eigenvalue weighted by molar-refractivity contribution is -0.117. The second kappa shape index (κ2) is 6.54. The van der Waals surface area contributed by atoms with Gasteiger partial charge in [0, 0.05) is 11.6 Å². The van der Waals surface area contributed by atoms with Gasteiger partial charge >= 0.3 is 0 Å². The molecule has 5 nitrogen and oxygen atoms in total. The minimum Gasteiger partial charge on any atom is -0.320 e. The van der Waals surface area contributed by atoms with E-state index < -0.39 is 6.04 Å². The van der Waals surface area contributed by atoms with E-state index >= 15 is 0 Å². The zero-order chi connectivity index (χ0) is 14.0. The molecule has 0 bridgehead atoms. The van der Waals surface area contributed by atoms with Gasteiger partial charge in [-0.1, -0.05) is 17.2 Å². The van der Waals surface area contributed by atoms with Crippen LogP contribution in [0, 0.1) is 13.8 Å². The van der Waals surface area contributed by atoms with E-state index in [0.29, 0.717) is 5.82 Å². The second-order valence-corrected chi connectivity index (χ2v) is 4.82. The summed E-state index contributed by atoms with van der Waals surface area (Å²) in [5.74, 6) is 0.231. The molecular weight excluding hydrogens is 276 g/mol. The fourth-order valence-corrected chi connectivity index (χ4v) is 1.90. The third-order valence-electron chi connectivity index (χ3n) is 2.78. The molecule has 1 heterocycles. The average Bonchev–Trinajstić information content (AvgIpc) is 2.76. The topological polar surface area (TPSA) is 83.8 Å². The number of aromatic nitrogens is 2. The minimum absolute atomic E-state index is 0. The number of nitrogens with two attached hydrogens (primary N) is 1. The van der Waals surface area contributed by atoms with Gasteiger partial charge in [-0.05, 0) is 32.9 Å². The van der Waals surface area contributed by atoms with Crippen molar-refractivity contribution in [3.8, 4) is 11.3 Å². The molecule has 0 radical (unpaired) electrons. The van der Waals surface area contributed by atoms with E-state index in [1.165, 1.54) is 11.1 Å². The van der Waals surface area contributed by atoms with Crippen molar-refractivity contribution in [2.24, 2.45) is 5.73 Å². The summed E-state index contributed by atoms with van der Waals surface area (Å²) in [5.41, 5.74) is 9.78. The van der Waals surface area contributed by atoms with E-state index in [9.17, 15) is 4.79 Å². The zero-order valence-corrected chi connectivity index (χ0v) is 12.5. The molecule has 0 aliphatic rings. The highest BCUT2D eigenvalue weighted by Crippen LogP contribution is 2.22. The van der Waals surface area contributed by atoms with Crippen LogP contribution in [0.5, 0.6) is 0 Å². The molecule has 1 amide bonds. The Morgan fingerprint density at radius 3 is 2.40 bits per heavy atom. The van der Waals surface area contributed by atoms with Gasteiger partial charge in [0.05, 0.1) is 11.7 Å². The van der Waals surface area contributed by atoms with Gasteiger partial charge in [0.2, 0.25) is 5.91 Å². The second-order valence-electron chi connectivity index (χ2n) is 4.82. The first kappa shape index (κ1) is 16.2. The van der Waals surface area contributed by atoms with E-state index in [1.807, 2.05) is 13.8 Å². The molecule has 0 aliphatic heterocycles. The fraction of sp³-hybridized carbons (Fsp3) is 0.286. The van der Waals surface area contributed by atoms with Gasteiger partial charge in [0.25, 0.3) is 0 Å². The van der Waals surface area contributed by atoms with Gasteiger partial charge in [-0.25, -0.2) is 0 Å². The van der Waals surface area contributed by atoms with E-state index in [1.54, 1.807) is 13.0 Å². The molecule has 1 aromatic heterocycles. The molecule has 0 fully saturated rings. The minimum atomic E-state index is -0.554. The zero-order valence-electron chi connectivity index (χ0n) is 11.7. The maximum Gasteiger partial charge on any atom is 0.242 e. The number of benzene rings is 1. The summed E-state index contributed by atoms with van der Waals surface area (Å²) in [6.45, 7) is 5.73. The Bertz CT molecular complexity index is 587. The van der Waals surface area contributed by atoms with Crippen molar-refractivity contribution in [3.63, 3.8) is 0 Å². The number of carbonyl (C=O) groups is 1. The summed E-state index contributed by atoms with van der Waals surface area (Å²) in [6, 6.07) is 7.49. The highest BCUT2D eigenvalue weighted by molar-refractivity contribution is 5.93. The number of H-pyrrole nitrogens is 1. The Hall–Kier alpha value is -1.85. The van der Waals surface area contributed by atoms with E-state index in [-0.39, 0.29) is 18.3 Å². The van der Waals surface area contributed by atoms with Gasteiger partial charge in [-0.15, -0.1) is 12.4 Å². The Balaban J connectivity index is 0.00000200. The number of rotatable bonds is 3. The number of halogens is 1. The molecule has 2 rings (SSSR count). The lowest BCUT2D eigenvalue weighted by Crippen LogP contribution is -2.32. The maximum absolute atomic E-state index is 11.5. The molecule has 1 unspecified atom stereocenters. The number of nitrogens with one attached hydrogen (secondary N) is 2. The molecule has 0 aliphatic carbocycles. The molecular formula is C14H19ClN4O. The summed E-state index contributed by atoms with van der Waals surface area (Å²) >= 11 is 0. The maximum atomic E-state index is 11.5. The number of hydrogen-bond acceptors (Lipinski definition) is 3. The van der Waals surface area contributed by atoms with Gasteiger partial charge < -0.3 is 11.1 Å². The number of carbonyl (C=O) groups excluding carboxylic acids is 1. The number of amides is 1. The average molecular weight is 295 g/mol. The van der Waals surface area contributed by atoms with Crippen molar-refractivity contribution in [2.75, 3.05) is 5.32 Å². The van der Waals surface area contributed by atoms with Crippen molar-refractivity contribution >= 4 is 24.1 Å². The molecule has 2 aromatic rings. The Morgan fingerprint density at radius 2 is 1.85 bits per heavy atom. The highest BCUT2D eigenvalue weighted by Gasteiger charge is 2.10. The lowest BCUT2D eigenvalue weighted by Gasteiger charge is -2.03. The SMILES string of the molecule is Cc1cc(C)cc(-c2cc(NC(=O)C(C)N)n[nH]2)c1.Cl. The van der Waals surface area contributed by atoms with Crippen LogP contribution in [-0.2, 0) is 4.79 Å². The molecule has 20 heavy (non-hydrogen) atoms. The van der Waals surface area contributed by atoms with Crippen LogP contribution in [0.3, 0.4) is 0 Å². The Morgan fingerprint density at radius 1 is 1.25 bits per heavy atom. The van der Waals surface area contributed by atoms with Crippen LogP contribution in [0.25, 0.3) is 11.3 Å². The molecule has 0 spiro atoms. The van der Waals surface area contributed by atoms with E-state index in [2.05, 4.69) is 33.7 Å². The summed E-state index contributed by atoms with van der Waals surface area (Å²) < 4.78 is 0. The normalized spacial score (nSPS) is 11.6. The summed E-state index contributed by atoms with van der Waals surface area (Å²) in [5, 5.41) is 9.63. The van der Waals surface area contributed by atoms with Gasteiger partial charge in [0.1, 0.15) is 0 Å². The van der Waals surface area contributed by atoms with Crippen molar-refractivity contribution < 1.29 is 4.79 Å². The van der Waals surface area contributed by atoms with Crippen molar-refractivity contribution in [3.05, 3.63) is 35.4 Å². The van der Waals surface area contributed by atoms with E-state index in [4.69, 9.17) is 5.73 Å². The number of aromatic amines is 1. The predicted octanol–water partition coefficient (Wildman–Crippen LogP) is 2.40. The van der Waals surface area contributed by atoms with Crippen molar-refractivity contribution in [1.82, 2.24) is 10.2 Å². The van der Waals surface area contributed by atoms with Crippen LogP contribution in [0.4, 0.5) is 5.82 Å². The first-order valence-electron chi connectivity index (χ1n) is 6.16. The number of anilines is 1. The van der Waals surface area contributed by atoms with Crippen LogP contribution in [0.2, 0.25) is 0 Å². The fourth-order valence-electron chi connectivity index (χ4n) is 1.90. The first-order valence-corrected chi connectivity index (χ1v) is 6.16. The van der Waals surface area contributed by atoms with Crippen LogP contribution in [-0.4, -0.2) is 22.1 Å². The number of nitrogens with zero attached hydrogens (tertiary/aromatic N) is 1. The van der Waals surface area contributed by atoms with Gasteiger partial charge in [0.15, 0.2) is 5.82 Å². The van der Waals surface area contributed by atoms with Crippen LogP contribution >= 0.6 is 12.4 Å². The predicted molar refractivity (Wildman–Crippen MR) is 83.0 cm³/mol. The molecule has 108 valence electrons. The Labute approximate surface area is 124 Å². The largest absolute Gasteiger partial charge is 0.320 e. The number of aryl methyl sites for hydroxylation is 2. The molecule has 1 aromatic carbocycles. The summed E-state index contributed by atoms with van der Waals surface area (Å²) in [7, 11) is 0. The lowest BCUT2D eigenvalue weighted by atomic mass is 10.1. The Kier molecular flexibility index (Phi) is 5.30. The van der Waals surface area contributed by atoms with Crippen LogP contribution < -0.4 is 11.1 Å². The summed E-state index contributed by atoms with van der Waals surface area (Å²) in [6.07, 6.45) is 0.